The van der Waals surface area contributed by atoms with Crippen molar-refractivity contribution in [3.63, 3.8) is 0 Å². The molecule has 0 aromatic carbocycles. The summed E-state index contributed by atoms with van der Waals surface area (Å²) in [6.07, 6.45) is 6.34. The molecule has 3 N–H and O–H groups in total. The van der Waals surface area contributed by atoms with Crippen molar-refractivity contribution in [3.05, 3.63) is 0 Å². The molecule has 0 aromatic rings. The Hall–Kier alpha value is -1.34. The molecule has 1 spiro atoms. The van der Waals surface area contributed by atoms with Crippen LogP contribution in [0.2, 0.25) is 0 Å². The molecule has 0 aromatic heterocycles. The highest BCUT2D eigenvalue weighted by Crippen LogP contribution is 2.37. The number of carbonyl (C=O) groups excluding carboxylic acids is 3. The highest BCUT2D eigenvalue weighted by Gasteiger charge is 2.52. The maximum absolute atomic E-state index is 12.8. The SMILES string of the molecule is CCC1CCC2(CC1)NC(=O)N(CC(=O)NC1CCCNC1)C2=O.Cl. The number of hydrogen-bond donors (Lipinski definition) is 3. The van der Waals surface area contributed by atoms with Crippen molar-refractivity contribution in [2.45, 2.75) is 63.5 Å². The van der Waals surface area contributed by atoms with E-state index >= 15 is 0 Å². The van der Waals surface area contributed by atoms with Crippen LogP contribution in [0.1, 0.15) is 51.9 Å². The fourth-order valence-corrected chi connectivity index (χ4v) is 4.13. The van der Waals surface area contributed by atoms with Gasteiger partial charge in [-0.05, 0) is 51.0 Å². The molecular weight excluding hydrogens is 344 g/mol. The number of amides is 4. The molecule has 0 radical (unpaired) electrons. The van der Waals surface area contributed by atoms with Gasteiger partial charge < -0.3 is 16.0 Å². The van der Waals surface area contributed by atoms with Gasteiger partial charge in [0.2, 0.25) is 5.91 Å². The monoisotopic (exact) mass is 372 g/mol. The first kappa shape index (κ1) is 20.0. The molecule has 7 nitrogen and oxygen atoms in total. The largest absolute Gasteiger partial charge is 0.351 e. The molecular formula is C17H29ClN4O3. The van der Waals surface area contributed by atoms with Gasteiger partial charge in [0, 0.05) is 12.6 Å². The smallest absolute Gasteiger partial charge is 0.325 e. The van der Waals surface area contributed by atoms with Crippen LogP contribution in [0.3, 0.4) is 0 Å². The number of nitrogens with one attached hydrogen (secondary N) is 3. The second-order valence-corrected chi connectivity index (χ2v) is 7.37. The molecule has 1 aliphatic carbocycles. The van der Waals surface area contributed by atoms with Crippen LogP contribution >= 0.6 is 12.4 Å². The van der Waals surface area contributed by atoms with E-state index in [1.165, 1.54) is 0 Å². The van der Waals surface area contributed by atoms with E-state index in [9.17, 15) is 14.4 Å². The third-order valence-corrected chi connectivity index (χ3v) is 5.75. The molecule has 2 saturated heterocycles. The minimum Gasteiger partial charge on any atom is -0.351 e. The Morgan fingerprint density at radius 1 is 1.28 bits per heavy atom. The Morgan fingerprint density at radius 2 is 2.00 bits per heavy atom. The number of nitrogens with zero attached hydrogens (tertiary/aromatic N) is 1. The van der Waals surface area contributed by atoms with Crippen molar-refractivity contribution < 1.29 is 14.4 Å². The van der Waals surface area contributed by atoms with Crippen molar-refractivity contribution in [1.82, 2.24) is 20.9 Å². The molecule has 0 bridgehead atoms. The lowest BCUT2D eigenvalue weighted by Crippen LogP contribution is -2.51. The third kappa shape index (κ3) is 4.26. The van der Waals surface area contributed by atoms with Gasteiger partial charge in [-0.2, -0.15) is 0 Å². The van der Waals surface area contributed by atoms with Gasteiger partial charge in [0.05, 0.1) is 0 Å². The lowest BCUT2D eigenvalue weighted by molar-refractivity contribution is -0.136. The van der Waals surface area contributed by atoms with Crippen LogP contribution in [-0.4, -0.2) is 54.0 Å². The lowest BCUT2D eigenvalue weighted by Gasteiger charge is -2.34. The van der Waals surface area contributed by atoms with E-state index in [1.807, 2.05) is 0 Å². The molecule has 1 saturated carbocycles. The van der Waals surface area contributed by atoms with Crippen LogP contribution in [-0.2, 0) is 9.59 Å². The Bertz CT molecular complexity index is 514. The lowest BCUT2D eigenvalue weighted by atomic mass is 9.75. The number of urea groups is 1. The second kappa shape index (κ2) is 8.36. The van der Waals surface area contributed by atoms with Gasteiger partial charge in [0.1, 0.15) is 12.1 Å². The van der Waals surface area contributed by atoms with Gasteiger partial charge >= 0.3 is 6.03 Å². The standard InChI is InChI=1S/C17H28N4O3.ClH/c1-2-12-5-7-17(8-6-12)15(23)21(16(24)20-17)11-14(22)19-13-4-3-9-18-10-13;/h12-13,18H,2-11H2,1H3,(H,19,22)(H,20,24);1H. The molecule has 3 fully saturated rings. The maximum Gasteiger partial charge on any atom is 0.325 e. The van der Waals surface area contributed by atoms with E-state index in [2.05, 4.69) is 22.9 Å². The minimum atomic E-state index is -0.768. The topological polar surface area (TPSA) is 90.5 Å². The van der Waals surface area contributed by atoms with Crippen molar-refractivity contribution in [3.8, 4) is 0 Å². The van der Waals surface area contributed by atoms with Crippen LogP contribution in [0, 0.1) is 5.92 Å². The normalized spacial score (nSPS) is 32.3. The fraction of sp³-hybridized carbons (Fsp3) is 0.824. The molecule has 2 aliphatic heterocycles. The van der Waals surface area contributed by atoms with E-state index in [1.54, 1.807) is 0 Å². The predicted molar refractivity (Wildman–Crippen MR) is 96.5 cm³/mol. The summed E-state index contributed by atoms with van der Waals surface area (Å²) in [7, 11) is 0. The van der Waals surface area contributed by atoms with Crippen molar-refractivity contribution in [1.29, 1.82) is 0 Å². The number of hydrogen-bond acceptors (Lipinski definition) is 4. The number of piperidine rings is 1. The molecule has 4 amide bonds. The summed E-state index contributed by atoms with van der Waals surface area (Å²) in [5.74, 6) is 0.155. The summed E-state index contributed by atoms with van der Waals surface area (Å²) < 4.78 is 0. The minimum absolute atomic E-state index is 0. The third-order valence-electron chi connectivity index (χ3n) is 5.75. The summed E-state index contributed by atoms with van der Waals surface area (Å²) >= 11 is 0. The van der Waals surface area contributed by atoms with Gasteiger partial charge in [0.25, 0.3) is 5.91 Å². The summed E-state index contributed by atoms with van der Waals surface area (Å²) in [5, 5.41) is 9.02. The molecule has 3 aliphatic rings. The quantitative estimate of drug-likeness (QED) is 0.646. The first-order valence-electron chi connectivity index (χ1n) is 9.18. The van der Waals surface area contributed by atoms with Crippen LogP contribution in [0.4, 0.5) is 4.79 Å². The van der Waals surface area contributed by atoms with Crippen molar-refractivity contribution in [2.24, 2.45) is 5.92 Å². The zero-order chi connectivity index (χ0) is 17.2. The average Bonchev–Trinajstić information content (AvgIpc) is 2.81. The average molecular weight is 373 g/mol. The molecule has 1 unspecified atom stereocenters. The first-order valence-corrected chi connectivity index (χ1v) is 9.18. The Labute approximate surface area is 155 Å². The van der Waals surface area contributed by atoms with Gasteiger partial charge in [0.15, 0.2) is 0 Å². The van der Waals surface area contributed by atoms with Crippen LogP contribution in [0.5, 0.6) is 0 Å². The van der Waals surface area contributed by atoms with Crippen molar-refractivity contribution >= 4 is 30.3 Å². The van der Waals surface area contributed by atoms with E-state index in [0.29, 0.717) is 18.8 Å². The maximum atomic E-state index is 12.8. The molecule has 25 heavy (non-hydrogen) atoms. The summed E-state index contributed by atoms with van der Waals surface area (Å²) in [4.78, 5) is 38.3. The molecule has 3 rings (SSSR count). The van der Waals surface area contributed by atoms with E-state index < -0.39 is 11.6 Å². The van der Waals surface area contributed by atoms with Gasteiger partial charge in [-0.1, -0.05) is 13.3 Å². The van der Waals surface area contributed by atoms with Crippen molar-refractivity contribution in [2.75, 3.05) is 19.6 Å². The van der Waals surface area contributed by atoms with Gasteiger partial charge in [-0.3, -0.25) is 14.5 Å². The Kier molecular flexibility index (Phi) is 6.68. The van der Waals surface area contributed by atoms with E-state index in [4.69, 9.17) is 0 Å². The van der Waals surface area contributed by atoms with E-state index in [0.717, 1.165) is 50.1 Å². The number of carbonyl (C=O) groups is 3. The van der Waals surface area contributed by atoms with Crippen LogP contribution < -0.4 is 16.0 Å². The zero-order valence-electron chi connectivity index (χ0n) is 14.8. The van der Waals surface area contributed by atoms with Gasteiger partial charge in [-0.25, -0.2) is 4.79 Å². The van der Waals surface area contributed by atoms with Crippen LogP contribution in [0.15, 0.2) is 0 Å². The molecule has 2 heterocycles. The molecule has 142 valence electrons. The van der Waals surface area contributed by atoms with Crippen LogP contribution in [0.25, 0.3) is 0 Å². The summed E-state index contributed by atoms with van der Waals surface area (Å²) in [6, 6.07) is -0.340. The predicted octanol–water partition coefficient (Wildman–Crippen LogP) is 1.17. The Morgan fingerprint density at radius 3 is 2.60 bits per heavy atom. The zero-order valence-corrected chi connectivity index (χ0v) is 15.6. The highest BCUT2D eigenvalue weighted by molar-refractivity contribution is 6.09. The second-order valence-electron chi connectivity index (χ2n) is 7.37. The summed E-state index contributed by atoms with van der Waals surface area (Å²) in [6.45, 7) is 3.70. The molecule has 1 atom stereocenters. The molecule has 8 heteroatoms. The summed E-state index contributed by atoms with van der Waals surface area (Å²) in [5.41, 5.74) is -0.768. The number of rotatable bonds is 4. The number of imide groups is 1. The number of halogens is 1. The Balaban J connectivity index is 0.00000225. The first-order chi connectivity index (χ1) is 11.5. The highest BCUT2D eigenvalue weighted by atomic mass is 35.5. The van der Waals surface area contributed by atoms with Gasteiger partial charge in [-0.15, -0.1) is 12.4 Å². The fourth-order valence-electron chi connectivity index (χ4n) is 4.13. The van der Waals surface area contributed by atoms with E-state index in [-0.39, 0.29) is 36.8 Å².